The first-order chi connectivity index (χ1) is 7.97. The molecule has 0 bridgehead atoms. The topological polar surface area (TPSA) is 79.5 Å². The summed E-state index contributed by atoms with van der Waals surface area (Å²) in [5.41, 5.74) is 7.39. The molecule has 0 saturated heterocycles. The molecule has 0 aliphatic heterocycles. The number of amides is 1. The molecule has 5 heteroatoms. The molecule has 94 valence electrons. The second-order valence-corrected chi connectivity index (χ2v) is 4.23. The van der Waals surface area contributed by atoms with Crippen LogP contribution in [-0.2, 0) is 0 Å². The Balaban J connectivity index is 3.01. The van der Waals surface area contributed by atoms with Gasteiger partial charge in [0.15, 0.2) is 0 Å². The predicted molar refractivity (Wildman–Crippen MR) is 66.6 cm³/mol. The number of nitrogens with two attached hydrogens (primary N) is 1. The first-order valence-electron chi connectivity index (χ1n) is 5.61. The minimum absolute atomic E-state index is 0.00959. The number of aromatic nitrogens is 1. The first kappa shape index (κ1) is 13.4. The molecule has 17 heavy (non-hydrogen) atoms. The van der Waals surface area contributed by atoms with E-state index in [0.29, 0.717) is 17.8 Å². The van der Waals surface area contributed by atoms with Gasteiger partial charge in [0.05, 0.1) is 12.2 Å². The van der Waals surface area contributed by atoms with Crippen LogP contribution in [0.25, 0.3) is 0 Å². The zero-order valence-electron chi connectivity index (χ0n) is 10.5. The van der Waals surface area contributed by atoms with Crippen LogP contribution >= 0.6 is 0 Å². The maximum Gasteiger partial charge on any atom is 0.257 e. The van der Waals surface area contributed by atoms with Crippen LogP contribution in [0.3, 0.4) is 0 Å². The lowest BCUT2D eigenvalue weighted by molar-refractivity contribution is 0.0666. The highest BCUT2D eigenvalue weighted by Crippen LogP contribution is 2.15. The summed E-state index contributed by atoms with van der Waals surface area (Å²) in [7, 11) is 0. The Labute approximate surface area is 101 Å². The highest BCUT2D eigenvalue weighted by molar-refractivity contribution is 5.99. The number of pyridine rings is 1. The lowest BCUT2D eigenvalue weighted by Gasteiger charge is -2.26. The van der Waals surface area contributed by atoms with Crippen LogP contribution in [0.15, 0.2) is 12.3 Å². The van der Waals surface area contributed by atoms with E-state index in [9.17, 15) is 4.79 Å². The Hall–Kier alpha value is -1.62. The minimum atomic E-state index is -0.195. The van der Waals surface area contributed by atoms with E-state index in [1.54, 1.807) is 11.0 Å². The molecule has 0 aliphatic carbocycles. The molecule has 1 heterocycles. The van der Waals surface area contributed by atoms with Crippen molar-refractivity contribution in [3.05, 3.63) is 23.5 Å². The number of hydrogen-bond acceptors (Lipinski definition) is 4. The van der Waals surface area contributed by atoms with Gasteiger partial charge >= 0.3 is 0 Å². The molecule has 3 N–H and O–H groups in total. The molecule has 0 aliphatic rings. The average molecular weight is 237 g/mol. The molecule has 1 rings (SSSR count). The van der Waals surface area contributed by atoms with Crippen molar-refractivity contribution in [3.63, 3.8) is 0 Å². The molecule has 1 aromatic rings. The van der Waals surface area contributed by atoms with E-state index in [1.807, 2.05) is 20.8 Å². The van der Waals surface area contributed by atoms with E-state index in [-0.39, 0.29) is 18.6 Å². The molecule has 5 nitrogen and oxygen atoms in total. The van der Waals surface area contributed by atoms with Gasteiger partial charge in [0.25, 0.3) is 5.91 Å². The summed E-state index contributed by atoms with van der Waals surface area (Å²) in [5.74, 6) is -0.195. The third kappa shape index (κ3) is 3.17. The molecule has 1 aromatic heterocycles. The molecule has 0 radical (unpaired) electrons. The number of nitrogen functional groups attached to an aromatic ring is 1. The van der Waals surface area contributed by atoms with Crippen molar-refractivity contribution >= 4 is 11.6 Å². The Kier molecular flexibility index (Phi) is 4.45. The van der Waals surface area contributed by atoms with E-state index >= 15 is 0 Å². The molecule has 0 saturated carbocycles. The van der Waals surface area contributed by atoms with Gasteiger partial charge in [0, 0.05) is 30.2 Å². The Bertz CT molecular complexity index is 405. The quantitative estimate of drug-likeness (QED) is 0.812. The smallest absolute Gasteiger partial charge is 0.257 e. The molecular formula is C12H19N3O2. The number of aliphatic hydroxyl groups excluding tert-OH is 1. The van der Waals surface area contributed by atoms with E-state index in [1.165, 1.54) is 6.20 Å². The van der Waals surface area contributed by atoms with Crippen molar-refractivity contribution in [2.45, 2.75) is 26.8 Å². The molecule has 0 unspecified atom stereocenters. The molecule has 0 fully saturated rings. The standard InChI is InChI=1S/C12H19N3O2/c1-8(2)15(4-5-16)12(17)10-7-14-9(3)6-11(10)13/h6-8,16H,4-5H2,1-3H3,(H2,13,14). The number of nitrogens with zero attached hydrogens (tertiary/aromatic N) is 2. The molecule has 0 atom stereocenters. The zero-order chi connectivity index (χ0) is 13.0. The van der Waals surface area contributed by atoms with Crippen molar-refractivity contribution in [3.8, 4) is 0 Å². The number of aryl methyl sites for hydroxylation is 1. The third-order valence-electron chi connectivity index (χ3n) is 2.53. The monoisotopic (exact) mass is 237 g/mol. The highest BCUT2D eigenvalue weighted by Gasteiger charge is 2.20. The minimum Gasteiger partial charge on any atom is -0.398 e. The maximum atomic E-state index is 12.2. The third-order valence-corrected chi connectivity index (χ3v) is 2.53. The molecule has 0 spiro atoms. The fourth-order valence-electron chi connectivity index (χ4n) is 1.62. The van der Waals surface area contributed by atoms with Gasteiger partial charge in [-0.05, 0) is 26.8 Å². The van der Waals surface area contributed by atoms with E-state index < -0.39 is 0 Å². The largest absolute Gasteiger partial charge is 0.398 e. The second kappa shape index (κ2) is 5.63. The Morgan fingerprint density at radius 3 is 2.71 bits per heavy atom. The van der Waals surface area contributed by atoms with Crippen LogP contribution < -0.4 is 5.73 Å². The lowest BCUT2D eigenvalue weighted by atomic mass is 10.1. The van der Waals surface area contributed by atoms with Gasteiger partial charge in [-0.2, -0.15) is 0 Å². The number of aliphatic hydroxyl groups is 1. The number of hydrogen-bond donors (Lipinski definition) is 2. The van der Waals surface area contributed by atoms with E-state index in [2.05, 4.69) is 4.98 Å². The van der Waals surface area contributed by atoms with Crippen LogP contribution in [0.5, 0.6) is 0 Å². The van der Waals surface area contributed by atoms with Gasteiger partial charge < -0.3 is 15.7 Å². The SMILES string of the molecule is Cc1cc(N)c(C(=O)N(CCO)C(C)C)cn1. The van der Waals surface area contributed by atoms with Gasteiger partial charge in [-0.1, -0.05) is 0 Å². The Morgan fingerprint density at radius 1 is 1.59 bits per heavy atom. The number of anilines is 1. The van der Waals surface area contributed by atoms with Crippen LogP contribution in [0, 0.1) is 6.92 Å². The van der Waals surface area contributed by atoms with Crippen molar-refractivity contribution in [1.29, 1.82) is 0 Å². The van der Waals surface area contributed by atoms with E-state index in [0.717, 1.165) is 5.69 Å². The fourth-order valence-corrected chi connectivity index (χ4v) is 1.62. The molecule has 0 aromatic carbocycles. The van der Waals surface area contributed by atoms with Gasteiger partial charge in [-0.3, -0.25) is 9.78 Å². The summed E-state index contributed by atoms with van der Waals surface area (Å²) in [6.45, 7) is 5.84. The fraction of sp³-hybridized carbons (Fsp3) is 0.500. The summed E-state index contributed by atoms with van der Waals surface area (Å²) in [5, 5.41) is 8.95. The van der Waals surface area contributed by atoms with Gasteiger partial charge in [-0.25, -0.2) is 0 Å². The van der Waals surface area contributed by atoms with E-state index in [4.69, 9.17) is 10.8 Å². The van der Waals surface area contributed by atoms with Gasteiger partial charge in [0.2, 0.25) is 0 Å². The van der Waals surface area contributed by atoms with Crippen LogP contribution in [0.1, 0.15) is 29.9 Å². The van der Waals surface area contributed by atoms with Gasteiger partial charge in [0.1, 0.15) is 0 Å². The number of carbonyl (C=O) groups is 1. The van der Waals surface area contributed by atoms with Crippen molar-refractivity contribution in [2.24, 2.45) is 0 Å². The molecule has 1 amide bonds. The van der Waals surface area contributed by atoms with Crippen molar-refractivity contribution in [1.82, 2.24) is 9.88 Å². The summed E-state index contributed by atoms with van der Waals surface area (Å²) in [6, 6.07) is 1.68. The normalized spacial score (nSPS) is 10.6. The number of rotatable bonds is 4. The Morgan fingerprint density at radius 2 is 2.24 bits per heavy atom. The second-order valence-electron chi connectivity index (χ2n) is 4.23. The summed E-state index contributed by atoms with van der Waals surface area (Å²) in [4.78, 5) is 17.8. The zero-order valence-corrected chi connectivity index (χ0v) is 10.5. The summed E-state index contributed by atoms with van der Waals surface area (Å²) in [6.07, 6.45) is 1.49. The first-order valence-corrected chi connectivity index (χ1v) is 5.61. The van der Waals surface area contributed by atoms with Crippen molar-refractivity contribution < 1.29 is 9.90 Å². The van der Waals surface area contributed by atoms with Crippen molar-refractivity contribution in [2.75, 3.05) is 18.9 Å². The summed E-state index contributed by atoms with van der Waals surface area (Å²) >= 11 is 0. The molecular weight excluding hydrogens is 218 g/mol. The van der Waals surface area contributed by atoms with Gasteiger partial charge in [-0.15, -0.1) is 0 Å². The van der Waals surface area contributed by atoms with Crippen LogP contribution in [-0.4, -0.2) is 40.1 Å². The summed E-state index contributed by atoms with van der Waals surface area (Å²) < 4.78 is 0. The highest BCUT2D eigenvalue weighted by atomic mass is 16.3. The lowest BCUT2D eigenvalue weighted by Crippen LogP contribution is -2.39. The number of carbonyl (C=O) groups excluding carboxylic acids is 1. The van der Waals surface area contributed by atoms with Crippen LogP contribution in [0.4, 0.5) is 5.69 Å². The maximum absolute atomic E-state index is 12.2. The predicted octanol–water partition coefficient (Wildman–Crippen LogP) is 0.815. The van der Waals surface area contributed by atoms with Crippen LogP contribution in [0.2, 0.25) is 0 Å². The average Bonchev–Trinajstić information content (AvgIpc) is 2.24.